The third-order valence-corrected chi connectivity index (χ3v) is 2.36. The quantitative estimate of drug-likeness (QED) is 0.710. The topological polar surface area (TPSA) is 9.23 Å². The molecule has 14 heavy (non-hydrogen) atoms. The summed E-state index contributed by atoms with van der Waals surface area (Å²) in [5.74, 6) is 0.856. The van der Waals surface area contributed by atoms with Crippen molar-refractivity contribution in [1.29, 1.82) is 0 Å². The summed E-state index contributed by atoms with van der Waals surface area (Å²) < 4.78 is 29.6. The largest absolute Gasteiger partial charge is 0.493 e. The number of rotatable bonds is 2. The van der Waals surface area contributed by atoms with E-state index in [0.29, 0.717) is 5.56 Å². The fraction of sp³-hybridized carbons (Fsp3) is 0.455. The van der Waals surface area contributed by atoms with Crippen LogP contribution in [0.1, 0.15) is 17.5 Å². The molecule has 0 aromatic heterocycles. The molecule has 76 valence electrons. The number of hydrogen-bond acceptors (Lipinski definition) is 1. The molecule has 0 unspecified atom stereocenters. The molecule has 0 atom stereocenters. The van der Waals surface area contributed by atoms with E-state index in [1.165, 1.54) is 0 Å². The van der Waals surface area contributed by atoms with Crippen molar-refractivity contribution < 1.29 is 13.5 Å². The van der Waals surface area contributed by atoms with Crippen LogP contribution >= 0.6 is 0 Å². The fourth-order valence-electron chi connectivity index (χ4n) is 1.72. The molecule has 0 aliphatic carbocycles. The smallest absolute Gasteiger partial charge is 0.242 e. The van der Waals surface area contributed by atoms with Crippen LogP contribution < -0.4 is 4.74 Å². The van der Waals surface area contributed by atoms with Crippen LogP contribution in [0.2, 0.25) is 0 Å². The third kappa shape index (κ3) is 2.03. The van der Waals surface area contributed by atoms with Crippen molar-refractivity contribution >= 4 is 0 Å². The summed E-state index contributed by atoms with van der Waals surface area (Å²) in [5.41, 5.74) is 1.76. The van der Waals surface area contributed by atoms with Gasteiger partial charge in [0.25, 0.3) is 0 Å². The Hall–Kier alpha value is -1.12. The number of benzene rings is 1. The van der Waals surface area contributed by atoms with Gasteiger partial charge in [0.05, 0.1) is 6.61 Å². The number of alkyl halides is 2. The fourth-order valence-corrected chi connectivity index (χ4v) is 1.72. The average molecular weight is 198 g/mol. The molecule has 0 saturated heterocycles. The predicted molar refractivity (Wildman–Crippen MR) is 50.0 cm³/mol. The van der Waals surface area contributed by atoms with Crippen LogP contribution in [0.5, 0.6) is 5.75 Å². The van der Waals surface area contributed by atoms with E-state index in [4.69, 9.17) is 4.74 Å². The molecule has 1 nitrogen and oxygen atoms in total. The Labute approximate surface area is 81.7 Å². The van der Waals surface area contributed by atoms with Gasteiger partial charge >= 0.3 is 0 Å². The van der Waals surface area contributed by atoms with E-state index in [9.17, 15) is 8.78 Å². The molecular weight excluding hydrogens is 186 g/mol. The zero-order valence-electron chi connectivity index (χ0n) is 7.80. The molecule has 1 aliphatic heterocycles. The summed E-state index contributed by atoms with van der Waals surface area (Å²) in [6, 6.07) is 5.35. The van der Waals surface area contributed by atoms with Gasteiger partial charge in [-0.2, -0.15) is 0 Å². The maximum Gasteiger partial charge on any atom is 0.242 e. The molecule has 1 aliphatic rings. The Bertz CT molecular complexity index is 323. The lowest BCUT2D eigenvalue weighted by atomic mass is 10.0. The monoisotopic (exact) mass is 198 g/mol. The molecule has 1 aromatic carbocycles. The molecule has 0 N–H and O–H groups in total. The van der Waals surface area contributed by atoms with E-state index in [1.807, 2.05) is 6.07 Å². The summed E-state index contributed by atoms with van der Waals surface area (Å²) in [4.78, 5) is 0. The van der Waals surface area contributed by atoms with Gasteiger partial charge in [0, 0.05) is 6.42 Å². The molecule has 2 rings (SSSR count). The first-order valence-corrected chi connectivity index (χ1v) is 4.78. The van der Waals surface area contributed by atoms with Crippen molar-refractivity contribution in [3.8, 4) is 5.75 Å². The Balaban J connectivity index is 2.20. The van der Waals surface area contributed by atoms with Crippen LogP contribution in [0.3, 0.4) is 0 Å². The van der Waals surface area contributed by atoms with Crippen LogP contribution in [-0.4, -0.2) is 13.0 Å². The zero-order valence-corrected chi connectivity index (χ0v) is 7.80. The van der Waals surface area contributed by atoms with Gasteiger partial charge in [0.15, 0.2) is 0 Å². The van der Waals surface area contributed by atoms with E-state index in [1.54, 1.807) is 12.1 Å². The van der Waals surface area contributed by atoms with E-state index in [0.717, 1.165) is 30.8 Å². The molecule has 0 radical (unpaired) electrons. The summed E-state index contributed by atoms with van der Waals surface area (Å²) in [6.07, 6.45) is -0.511. The molecule has 1 heterocycles. The SMILES string of the molecule is FC(F)Cc1ccc2c(c1)CCCO2. The third-order valence-electron chi connectivity index (χ3n) is 2.36. The van der Waals surface area contributed by atoms with Crippen molar-refractivity contribution in [3.05, 3.63) is 29.3 Å². The van der Waals surface area contributed by atoms with Gasteiger partial charge in [-0.05, 0) is 30.0 Å². The van der Waals surface area contributed by atoms with Gasteiger partial charge in [-0.3, -0.25) is 0 Å². The first-order chi connectivity index (χ1) is 6.75. The van der Waals surface area contributed by atoms with Gasteiger partial charge < -0.3 is 4.74 Å². The second-order valence-electron chi connectivity index (χ2n) is 3.49. The maximum absolute atomic E-state index is 12.1. The number of aryl methyl sites for hydroxylation is 1. The van der Waals surface area contributed by atoms with Crippen molar-refractivity contribution in [1.82, 2.24) is 0 Å². The van der Waals surface area contributed by atoms with Crippen molar-refractivity contribution in [2.24, 2.45) is 0 Å². The first-order valence-electron chi connectivity index (χ1n) is 4.78. The van der Waals surface area contributed by atoms with E-state index >= 15 is 0 Å². The van der Waals surface area contributed by atoms with Gasteiger partial charge in [0.1, 0.15) is 5.75 Å². The highest BCUT2D eigenvalue weighted by Gasteiger charge is 2.12. The van der Waals surface area contributed by atoms with Gasteiger partial charge in [-0.1, -0.05) is 12.1 Å². The minimum atomic E-state index is -2.27. The summed E-state index contributed by atoms with van der Waals surface area (Å²) in [6.45, 7) is 0.737. The first kappa shape index (κ1) is 9.44. The highest BCUT2D eigenvalue weighted by molar-refractivity contribution is 5.38. The molecule has 1 aromatic rings. The summed E-state index contributed by atoms with van der Waals surface area (Å²) in [5, 5.41) is 0. The maximum atomic E-state index is 12.1. The Kier molecular flexibility index (Phi) is 2.66. The van der Waals surface area contributed by atoms with Gasteiger partial charge in [-0.15, -0.1) is 0 Å². The molecule has 0 bridgehead atoms. The molecule has 0 spiro atoms. The lowest BCUT2D eigenvalue weighted by molar-refractivity contribution is 0.149. The van der Waals surface area contributed by atoms with Gasteiger partial charge in [-0.25, -0.2) is 8.78 Å². The lowest BCUT2D eigenvalue weighted by Crippen LogP contribution is -2.09. The number of ether oxygens (including phenoxy) is 1. The molecule has 3 heteroatoms. The molecular formula is C11H12F2O. The predicted octanol–water partition coefficient (Wildman–Crippen LogP) is 2.82. The zero-order chi connectivity index (χ0) is 9.97. The van der Waals surface area contributed by atoms with E-state index < -0.39 is 6.43 Å². The average Bonchev–Trinajstić information content (AvgIpc) is 2.17. The summed E-state index contributed by atoms with van der Waals surface area (Å²) >= 11 is 0. The van der Waals surface area contributed by atoms with Crippen molar-refractivity contribution in [2.75, 3.05) is 6.61 Å². The molecule has 0 amide bonds. The minimum Gasteiger partial charge on any atom is -0.493 e. The van der Waals surface area contributed by atoms with Crippen LogP contribution in [0.25, 0.3) is 0 Å². The number of hydrogen-bond donors (Lipinski definition) is 0. The lowest BCUT2D eigenvalue weighted by Gasteiger charge is -2.17. The normalized spacial score (nSPS) is 15.1. The second kappa shape index (κ2) is 3.95. The van der Waals surface area contributed by atoms with Gasteiger partial charge in [0.2, 0.25) is 6.43 Å². The Morgan fingerprint density at radius 3 is 3.00 bits per heavy atom. The minimum absolute atomic E-state index is 0.159. The van der Waals surface area contributed by atoms with Crippen LogP contribution in [0.15, 0.2) is 18.2 Å². The van der Waals surface area contributed by atoms with Crippen molar-refractivity contribution in [2.45, 2.75) is 25.7 Å². The van der Waals surface area contributed by atoms with Crippen LogP contribution in [0.4, 0.5) is 8.78 Å². The van der Waals surface area contributed by atoms with Crippen LogP contribution in [0, 0.1) is 0 Å². The number of halogens is 2. The Morgan fingerprint density at radius 1 is 1.36 bits per heavy atom. The molecule has 0 fully saturated rings. The Morgan fingerprint density at radius 2 is 2.21 bits per heavy atom. The highest BCUT2D eigenvalue weighted by atomic mass is 19.3. The standard InChI is InChI=1S/C11H12F2O/c12-11(13)7-8-3-4-10-9(6-8)2-1-5-14-10/h3-4,6,11H,1-2,5,7H2. The van der Waals surface area contributed by atoms with Crippen LogP contribution in [-0.2, 0) is 12.8 Å². The van der Waals surface area contributed by atoms with E-state index in [-0.39, 0.29) is 6.42 Å². The molecule has 0 saturated carbocycles. The second-order valence-corrected chi connectivity index (χ2v) is 3.49. The highest BCUT2D eigenvalue weighted by Crippen LogP contribution is 2.26. The van der Waals surface area contributed by atoms with E-state index in [2.05, 4.69) is 0 Å². The number of fused-ring (bicyclic) bond motifs is 1. The van der Waals surface area contributed by atoms with Crippen molar-refractivity contribution in [3.63, 3.8) is 0 Å². The summed E-state index contributed by atoms with van der Waals surface area (Å²) in [7, 11) is 0.